The monoisotopic (exact) mass is 790 g/mol. The van der Waals surface area contributed by atoms with Gasteiger partial charge in [0.1, 0.15) is 0 Å². The van der Waals surface area contributed by atoms with Crippen LogP contribution in [-0.4, -0.2) is 23.9 Å². The molecule has 0 spiro atoms. The van der Waals surface area contributed by atoms with E-state index >= 15 is 0 Å². The number of hydrogen-bond donors (Lipinski definition) is 2. The van der Waals surface area contributed by atoms with E-state index in [0.717, 1.165) is 57.8 Å². The van der Waals surface area contributed by atoms with Crippen LogP contribution >= 0.6 is 15.8 Å². The molecule has 2 N–H and O–H groups in total. The summed E-state index contributed by atoms with van der Waals surface area (Å²) in [5.41, 5.74) is 1.36. The fraction of sp³-hybridized carbons (Fsp3) is 0.115. The number of carbonyl (C=O) groups is 2. The first-order valence-electron chi connectivity index (χ1n) is 20.1. The van der Waals surface area contributed by atoms with Crippen molar-refractivity contribution in [3.05, 3.63) is 205 Å². The summed E-state index contributed by atoms with van der Waals surface area (Å²) in [4.78, 5) is 29.7. The molecule has 0 unspecified atom stereocenters. The van der Waals surface area contributed by atoms with Gasteiger partial charge in [-0.3, -0.25) is 9.59 Å². The third-order valence-corrected chi connectivity index (χ3v) is 16.1. The highest BCUT2D eigenvalue weighted by Crippen LogP contribution is 2.37. The van der Waals surface area contributed by atoms with Crippen molar-refractivity contribution in [3.8, 4) is 0 Å². The maximum Gasteiger partial charge on any atom is 0.252 e. The minimum absolute atomic E-state index is 0.102. The highest BCUT2D eigenvalue weighted by atomic mass is 31.1. The maximum absolute atomic E-state index is 14.8. The van der Waals surface area contributed by atoms with Gasteiger partial charge in [0.25, 0.3) is 11.8 Å². The molecule has 1 aliphatic rings. The molecule has 284 valence electrons. The first-order valence-corrected chi connectivity index (χ1v) is 22.8. The van der Waals surface area contributed by atoms with Gasteiger partial charge in [-0.1, -0.05) is 183 Å². The summed E-state index contributed by atoms with van der Waals surface area (Å²) in [6, 6.07) is 66.8. The summed E-state index contributed by atoms with van der Waals surface area (Å²) in [7, 11) is -2.09. The molecule has 0 bridgehead atoms. The zero-order valence-electron chi connectivity index (χ0n) is 32.2. The van der Waals surface area contributed by atoms with Crippen LogP contribution in [0.5, 0.6) is 0 Å². The molecule has 2 amide bonds. The van der Waals surface area contributed by atoms with Crippen LogP contribution in [0.3, 0.4) is 0 Å². The number of hydrogen-bond acceptors (Lipinski definition) is 2. The fourth-order valence-electron chi connectivity index (χ4n) is 8.32. The van der Waals surface area contributed by atoms with Crippen molar-refractivity contribution in [1.82, 2.24) is 10.6 Å². The molecule has 8 aromatic carbocycles. The zero-order chi connectivity index (χ0) is 39.3. The lowest BCUT2D eigenvalue weighted by Gasteiger charge is -2.34. The van der Waals surface area contributed by atoms with Crippen molar-refractivity contribution in [2.45, 2.75) is 37.8 Å². The number of rotatable bonds is 10. The largest absolute Gasteiger partial charge is 0.347 e. The minimum Gasteiger partial charge on any atom is -0.347 e. The lowest BCUT2D eigenvalue weighted by molar-refractivity contribution is 0.0864. The molecule has 6 heteroatoms. The number of carbonyl (C=O) groups excluding carboxylic acids is 2. The molecule has 0 saturated heterocycles. The molecule has 0 radical (unpaired) electrons. The van der Waals surface area contributed by atoms with Crippen LogP contribution in [-0.2, 0) is 0 Å². The second kappa shape index (κ2) is 17.3. The Bertz CT molecular complexity index is 2420. The molecule has 9 rings (SSSR count). The number of nitrogens with one attached hydrogen (secondary N) is 2. The van der Waals surface area contributed by atoms with Gasteiger partial charge in [-0.15, -0.1) is 0 Å². The van der Waals surface area contributed by atoms with Gasteiger partial charge in [0.05, 0.1) is 0 Å². The van der Waals surface area contributed by atoms with Crippen LogP contribution < -0.4 is 42.5 Å². The predicted octanol–water partition coefficient (Wildman–Crippen LogP) is 8.98. The van der Waals surface area contributed by atoms with E-state index in [1.54, 1.807) is 0 Å². The Morgan fingerprint density at radius 2 is 0.655 bits per heavy atom. The lowest BCUT2D eigenvalue weighted by atomic mass is 9.89. The normalized spacial score (nSPS) is 15.4. The van der Waals surface area contributed by atoms with E-state index in [4.69, 9.17) is 0 Å². The second-order valence-electron chi connectivity index (χ2n) is 14.9. The molecule has 1 fully saturated rings. The van der Waals surface area contributed by atoms with Gasteiger partial charge in [0.2, 0.25) is 0 Å². The molecule has 2 atom stereocenters. The van der Waals surface area contributed by atoms with E-state index in [1.165, 1.54) is 21.2 Å². The summed E-state index contributed by atoms with van der Waals surface area (Å²) < 4.78 is 0. The Morgan fingerprint density at radius 1 is 0.379 bits per heavy atom. The van der Waals surface area contributed by atoms with E-state index in [1.807, 2.05) is 36.4 Å². The van der Waals surface area contributed by atoms with Gasteiger partial charge < -0.3 is 10.6 Å². The molecule has 0 aromatic heterocycles. The predicted molar refractivity (Wildman–Crippen MR) is 246 cm³/mol. The minimum atomic E-state index is -1.04. The lowest BCUT2D eigenvalue weighted by Crippen LogP contribution is -2.54. The molecule has 8 aromatic rings. The molecule has 1 saturated carbocycles. The van der Waals surface area contributed by atoms with Gasteiger partial charge in [0, 0.05) is 23.2 Å². The summed E-state index contributed by atoms with van der Waals surface area (Å²) in [6.45, 7) is 0. The van der Waals surface area contributed by atoms with Crippen molar-refractivity contribution in [3.63, 3.8) is 0 Å². The topological polar surface area (TPSA) is 58.2 Å². The van der Waals surface area contributed by atoms with Crippen molar-refractivity contribution >= 4 is 81.0 Å². The molecule has 0 aliphatic heterocycles. The Kier molecular flexibility index (Phi) is 11.2. The van der Waals surface area contributed by atoms with Gasteiger partial charge in [-0.2, -0.15) is 0 Å². The first kappa shape index (κ1) is 37.6. The van der Waals surface area contributed by atoms with Gasteiger partial charge in [0.15, 0.2) is 0 Å². The highest BCUT2D eigenvalue weighted by Gasteiger charge is 2.32. The maximum atomic E-state index is 14.8. The SMILES string of the molecule is O=C(N[C@@H]1CCCC[C@H]1NC(=O)c1cc2ccccc2cc1P(c1ccccc1)c1ccccc1)c1cc2ccccc2cc1P(c1ccccc1)c1ccccc1. The van der Waals surface area contributed by atoms with E-state index in [9.17, 15) is 9.59 Å². The third kappa shape index (κ3) is 7.96. The standard InChI is InChI=1S/C52H44N2O2P2/c55-51(45-33-37-19-13-15-21-39(37)35-49(45)57(41-23-5-1-6-24-41)42-25-7-2-8-26-42)53-47-31-17-18-32-48(47)54-52(56)46-34-38-20-14-16-22-40(38)36-50(46)58(43-27-9-3-10-28-43)44-29-11-4-12-30-44/h1-16,19-30,33-36,47-48H,17-18,31-32H2,(H,53,55)(H,54,56)/t47-,48-/m1/s1. The quantitative estimate of drug-likeness (QED) is 0.136. The second-order valence-corrected chi connectivity index (χ2v) is 19.3. The Balaban J connectivity index is 1.07. The Hall–Kier alpha value is -5.92. The van der Waals surface area contributed by atoms with Crippen molar-refractivity contribution in [1.29, 1.82) is 0 Å². The summed E-state index contributed by atoms with van der Waals surface area (Å²) in [5, 5.41) is 18.0. The van der Waals surface area contributed by atoms with Crippen LogP contribution in [0.2, 0.25) is 0 Å². The van der Waals surface area contributed by atoms with Gasteiger partial charge in [-0.05, 0) is 106 Å². The average molecular weight is 791 g/mol. The van der Waals surface area contributed by atoms with E-state index in [2.05, 4.69) is 168 Å². The van der Waals surface area contributed by atoms with Crippen molar-refractivity contribution < 1.29 is 9.59 Å². The molecular weight excluding hydrogens is 747 g/mol. The van der Waals surface area contributed by atoms with E-state index in [0.29, 0.717) is 11.1 Å². The van der Waals surface area contributed by atoms with E-state index in [-0.39, 0.29) is 23.9 Å². The van der Waals surface area contributed by atoms with Crippen LogP contribution in [0.4, 0.5) is 0 Å². The fourth-order valence-corrected chi connectivity index (χ4v) is 13.3. The Morgan fingerprint density at radius 3 is 0.966 bits per heavy atom. The summed E-state index contributed by atoms with van der Waals surface area (Å²) >= 11 is 0. The smallest absolute Gasteiger partial charge is 0.252 e. The summed E-state index contributed by atoms with van der Waals surface area (Å²) in [5.74, 6) is -0.205. The molecule has 58 heavy (non-hydrogen) atoms. The molecular formula is C52H44N2O2P2. The Labute approximate surface area is 342 Å². The van der Waals surface area contributed by atoms with Crippen molar-refractivity contribution in [2.75, 3.05) is 0 Å². The van der Waals surface area contributed by atoms with Crippen LogP contribution in [0, 0.1) is 0 Å². The van der Waals surface area contributed by atoms with E-state index < -0.39 is 15.8 Å². The molecule has 1 aliphatic carbocycles. The zero-order valence-corrected chi connectivity index (χ0v) is 34.0. The van der Waals surface area contributed by atoms with Crippen LogP contribution in [0.15, 0.2) is 194 Å². The van der Waals surface area contributed by atoms with Gasteiger partial charge >= 0.3 is 0 Å². The van der Waals surface area contributed by atoms with Crippen LogP contribution in [0.1, 0.15) is 46.4 Å². The molecule has 0 heterocycles. The average Bonchev–Trinajstić information content (AvgIpc) is 3.28. The van der Waals surface area contributed by atoms with Crippen LogP contribution in [0.25, 0.3) is 21.5 Å². The highest BCUT2D eigenvalue weighted by molar-refractivity contribution is 7.80. The molecule has 4 nitrogen and oxygen atoms in total. The van der Waals surface area contributed by atoms with Gasteiger partial charge in [-0.25, -0.2) is 0 Å². The number of fused-ring (bicyclic) bond motifs is 2. The number of benzene rings is 8. The number of amides is 2. The summed E-state index contributed by atoms with van der Waals surface area (Å²) in [6.07, 6.45) is 3.54. The first-order chi connectivity index (χ1) is 28.6. The van der Waals surface area contributed by atoms with Crippen molar-refractivity contribution in [2.24, 2.45) is 0 Å². The third-order valence-electron chi connectivity index (χ3n) is 11.2.